The first kappa shape index (κ1) is 27.5. The van der Waals surface area contributed by atoms with Crippen LogP contribution in [0.15, 0.2) is 0 Å². The summed E-state index contributed by atoms with van der Waals surface area (Å²) in [6.07, 6.45) is -39.6. The van der Waals surface area contributed by atoms with Crippen LogP contribution in [0.3, 0.4) is 0 Å². The third kappa shape index (κ3) is 8.11. The van der Waals surface area contributed by atoms with E-state index < -0.39 is 67.5 Å². The van der Waals surface area contributed by atoms with Crippen LogP contribution >= 0.6 is 0 Å². The normalized spacial score (nSPS) is 13.6. The number of aliphatic hydroxyl groups excluding tert-OH is 1. The molecule has 0 saturated heterocycles. The molecule has 176 valence electrons. The summed E-state index contributed by atoms with van der Waals surface area (Å²) in [4.78, 5) is 33.6. The largest absolute Gasteiger partial charge is 0.440 e. The molecule has 0 spiro atoms. The highest BCUT2D eigenvalue weighted by atomic mass is 19.4. The summed E-state index contributed by atoms with van der Waals surface area (Å²) in [5, 5.41) is 8.33. The third-order valence-electron chi connectivity index (χ3n) is 2.46. The number of alkyl halides is 12. The minimum absolute atomic E-state index is 1.86. The van der Waals surface area contributed by atoms with Crippen molar-refractivity contribution in [3.8, 4) is 0 Å². The molecular weight excluding hydrogens is 472 g/mol. The summed E-state index contributed by atoms with van der Waals surface area (Å²) < 4.78 is 157. The van der Waals surface area contributed by atoms with E-state index in [9.17, 15) is 67.1 Å². The van der Waals surface area contributed by atoms with Gasteiger partial charge < -0.3 is 19.3 Å². The SMILES string of the molecule is O=C(CO)OC(C(=O)OC(C(F)(F)F)C(F)(F)F)C(=O)OC(C(F)(F)F)C(F)(F)F. The maximum Gasteiger partial charge on any atom is 0.434 e. The molecule has 0 amide bonds. The van der Waals surface area contributed by atoms with Crippen molar-refractivity contribution in [1.29, 1.82) is 0 Å². The van der Waals surface area contributed by atoms with Gasteiger partial charge in [0.05, 0.1) is 0 Å². The molecule has 0 saturated carbocycles. The summed E-state index contributed by atoms with van der Waals surface area (Å²) in [5.74, 6) is -8.62. The zero-order valence-corrected chi connectivity index (χ0v) is 13.4. The second kappa shape index (κ2) is 9.13. The van der Waals surface area contributed by atoms with Gasteiger partial charge in [0, 0.05) is 0 Å². The first-order valence-electron chi connectivity index (χ1n) is 6.60. The first-order valence-corrected chi connectivity index (χ1v) is 6.60. The molecule has 0 bridgehead atoms. The van der Waals surface area contributed by atoms with E-state index in [1.807, 2.05) is 0 Å². The molecule has 0 aliphatic rings. The molecule has 0 aromatic heterocycles. The van der Waals surface area contributed by atoms with Crippen molar-refractivity contribution in [3.63, 3.8) is 0 Å². The van der Waals surface area contributed by atoms with Crippen molar-refractivity contribution < 1.29 is 86.4 Å². The van der Waals surface area contributed by atoms with Crippen molar-refractivity contribution in [2.24, 2.45) is 0 Å². The quantitative estimate of drug-likeness (QED) is 0.270. The van der Waals surface area contributed by atoms with Crippen LogP contribution in [0.5, 0.6) is 0 Å². The number of halogens is 12. The number of ether oxygens (including phenoxy) is 3. The molecule has 0 fully saturated rings. The lowest BCUT2D eigenvalue weighted by molar-refractivity contribution is -0.319. The molecule has 30 heavy (non-hydrogen) atoms. The number of hydrogen-bond donors (Lipinski definition) is 1. The van der Waals surface area contributed by atoms with Gasteiger partial charge in [-0.1, -0.05) is 0 Å². The fraction of sp³-hybridized carbons (Fsp3) is 0.727. The fourth-order valence-corrected chi connectivity index (χ4v) is 1.36. The van der Waals surface area contributed by atoms with E-state index in [1.54, 1.807) is 0 Å². The Morgan fingerprint density at radius 3 is 1.07 bits per heavy atom. The van der Waals surface area contributed by atoms with E-state index in [4.69, 9.17) is 5.11 Å². The van der Waals surface area contributed by atoms with E-state index in [0.29, 0.717) is 0 Å². The molecule has 0 aromatic carbocycles. The number of rotatable bonds is 6. The Morgan fingerprint density at radius 1 is 0.600 bits per heavy atom. The maximum atomic E-state index is 12.3. The molecule has 7 nitrogen and oxygen atoms in total. The number of carbonyl (C=O) groups is 3. The van der Waals surface area contributed by atoms with Crippen LogP contribution in [-0.4, -0.2) is 72.6 Å². The zero-order chi connectivity index (χ0) is 24.3. The molecule has 1 N–H and O–H groups in total. The maximum absolute atomic E-state index is 12.3. The van der Waals surface area contributed by atoms with Gasteiger partial charge >= 0.3 is 42.6 Å². The Balaban J connectivity index is 5.92. The van der Waals surface area contributed by atoms with Gasteiger partial charge in [0.25, 0.3) is 18.3 Å². The lowest BCUT2D eigenvalue weighted by atomic mass is 10.3. The van der Waals surface area contributed by atoms with Crippen molar-refractivity contribution in [3.05, 3.63) is 0 Å². The van der Waals surface area contributed by atoms with E-state index in [1.165, 1.54) is 0 Å². The van der Waals surface area contributed by atoms with Crippen molar-refractivity contribution in [2.45, 2.75) is 43.0 Å². The van der Waals surface area contributed by atoms with Crippen molar-refractivity contribution in [1.82, 2.24) is 0 Å². The number of hydrogen-bond acceptors (Lipinski definition) is 7. The highest BCUT2D eigenvalue weighted by Crippen LogP contribution is 2.37. The van der Waals surface area contributed by atoms with Crippen LogP contribution in [-0.2, 0) is 28.6 Å². The molecule has 0 aromatic rings. The van der Waals surface area contributed by atoms with Gasteiger partial charge in [-0.2, -0.15) is 52.7 Å². The van der Waals surface area contributed by atoms with Gasteiger partial charge in [-0.25, -0.2) is 14.4 Å². The van der Waals surface area contributed by atoms with Gasteiger partial charge in [0.1, 0.15) is 6.61 Å². The van der Waals surface area contributed by atoms with Crippen LogP contribution in [0.2, 0.25) is 0 Å². The minimum Gasteiger partial charge on any atom is -0.440 e. The zero-order valence-electron chi connectivity index (χ0n) is 13.4. The molecule has 0 unspecified atom stereocenters. The summed E-state index contributed by atoms with van der Waals surface area (Å²) in [7, 11) is 0. The Labute approximate surface area is 155 Å². The number of carbonyl (C=O) groups excluding carboxylic acids is 3. The van der Waals surface area contributed by atoms with E-state index in [0.717, 1.165) is 0 Å². The Bertz CT molecular complexity index is 558. The summed E-state index contributed by atoms with van der Waals surface area (Å²) in [5.41, 5.74) is 0. The smallest absolute Gasteiger partial charge is 0.434 e. The van der Waals surface area contributed by atoms with Crippen LogP contribution in [0, 0.1) is 0 Å². The standard InChI is InChI=1S/C11H6F12O7/c12-8(13,14)6(9(15,16)17)29-4(26)3(28-2(25)1-24)5(27)30-7(10(18,19)20)11(21,22)23/h3,6-7,24H,1H2. The van der Waals surface area contributed by atoms with E-state index in [-0.39, 0.29) is 0 Å². The van der Waals surface area contributed by atoms with Crippen molar-refractivity contribution >= 4 is 17.9 Å². The predicted molar refractivity (Wildman–Crippen MR) is 60.9 cm³/mol. The molecule has 0 atom stereocenters. The molecule has 0 aliphatic heterocycles. The highest BCUT2D eigenvalue weighted by molar-refractivity contribution is 6.00. The van der Waals surface area contributed by atoms with Crippen LogP contribution in [0.4, 0.5) is 52.7 Å². The molecule has 0 radical (unpaired) electrons. The topological polar surface area (TPSA) is 99.1 Å². The fourth-order valence-electron chi connectivity index (χ4n) is 1.36. The summed E-state index contributed by atoms with van der Waals surface area (Å²) in [6.45, 7) is -1.86. The lowest BCUT2D eigenvalue weighted by Crippen LogP contribution is -2.51. The molecule has 0 rings (SSSR count). The predicted octanol–water partition coefficient (Wildman–Crippen LogP) is 1.96. The lowest BCUT2D eigenvalue weighted by Gasteiger charge is -2.26. The Kier molecular flexibility index (Phi) is 8.37. The first-order chi connectivity index (χ1) is 13.1. The van der Waals surface area contributed by atoms with E-state index >= 15 is 0 Å². The van der Waals surface area contributed by atoms with Gasteiger partial charge in [-0.15, -0.1) is 0 Å². The average Bonchev–Trinajstić information content (AvgIpc) is 2.50. The minimum atomic E-state index is -6.41. The molecular formula is C11H6F12O7. The molecule has 19 heteroatoms. The third-order valence-corrected chi connectivity index (χ3v) is 2.46. The Hall–Kier alpha value is -2.47. The number of aliphatic hydroxyl groups is 1. The number of esters is 3. The molecule has 0 aliphatic carbocycles. The van der Waals surface area contributed by atoms with Crippen LogP contribution in [0.1, 0.15) is 0 Å². The second-order valence-electron chi connectivity index (χ2n) is 4.83. The van der Waals surface area contributed by atoms with Gasteiger partial charge in [-0.3, -0.25) is 0 Å². The van der Waals surface area contributed by atoms with Gasteiger partial charge in [0.15, 0.2) is 0 Å². The van der Waals surface area contributed by atoms with Gasteiger partial charge in [0.2, 0.25) is 0 Å². The highest BCUT2D eigenvalue weighted by Gasteiger charge is 2.62. The average molecular weight is 478 g/mol. The summed E-state index contributed by atoms with van der Waals surface area (Å²) in [6, 6.07) is 0. The Morgan fingerprint density at radius 2 is 0.867 bits per heavy atom. The second-order valence-corrected chi connectivity index (χ2v) is 4.83. The molecule has 0 heterocycles. The monoisotopic (exact) mass is 478 g/mol. The van der Waals surface area contributed by atoms with Crippen LogP contribution in [0.25, 0.3) is 0 Å². The van der Waals surface area contributed by atoms with Crippen LogP contribution < -0.4 is 0 Å². The van der Waals surface area contributed by atoms with Crippen molar-refractivity contribution in [2.75, 3.05) is 6.61 Å². The van der Waals surface area contributed by atoms with E-state index in [2.05, 4.69) is 14.2 Å². The summed E-state index contributed by atoms with van der Waals surface area (Å²) >= 11 is 0. The van der Waals surface area contributed by atoms with Gasteiger partial charge in [-0.05, 0) is 0 Å².